The van der Waals surface area contributed by atoms with Crippen LogP contribution in [0.25, 0.3) is 22.0 Å². The Labute approximate surface area is 230 Å². The first kappa shape index (κ1) is 24.9. The fourth-order valence-electron chi connectivity index (χ4n) is 4.97. The number of nitrogens with one attached hydrogen (secondary N) is 1. The van der Waals surface area contributed by atoms with Crippen molar-refractivity contribution in [2.24, 2.45) is 0 Å². The Morgan fingerprint density at radius 2 is 1.62 bits per heavy atom. The van der Waals surface area contributed by atoms with E-state index in [0.29, 0.717) is 44.4 Å². The Bertz CT molecular complexity index is 1810. The van der Waals surface area contributed by atoms with Crippen LogP contribution in [0.1, 0.15) is 32.0 Å². The number of hydrogen-bond donors (Lipinski definition) is 2. The lowest BCUT2D eigenvalue weighted by molar-refractivity contribution is 0.0949. The first-order valence-corrected chi connectivity index (χ1v) is 13.1. The average molecular weight is 584 g/mol. The quantitative estimate of drug-likeness (QED) is 0.296. The van der Waals surface area contributed by atoms with Gasteiger partial charge in [0.15, 0.2) is 5.78 Å². The summed E-state index contributed by atoms with van der Waals surface area (Å²) in [5.74, 6) is -0.373. The maximum absolute atomic E-state index is 13.5. The molecule has 5 aromatic rings. The lowest BCUT2D eigenvalue weighted by Crippen LogP contribution is -2.31. The predicted octanol–water partition coefficient (Wildman–Crippen LogP) is 3.56. The lowest BCUT2D eigenvalue weighted by Gasteiger charge is -2.18. The number of rotatable bonds is 7. The lowest BCUT2D eigenvalue weighted by atomic mass is 10.0. The molecule has 39 heavy (non-hydrogen) atoms. The standard InChI is InChI=1S/C29H22BrN5O4/c30-18-11-9-17(10-12-18)28(38)31-13-19-14-34(33-32-19)15-20(36)16-35-26-22-6-2-3-7-23(22)27(37)25(26)21-5-1-4-8-24(21)29(35)39/h1-12,14,20,36H,13,15-16H2,(H,31,38). The Balaban J connectivity index is 1.22. The van der Waals surface area contributed by atoms with Crippen LogP contribution in [-0.2, 0) is 19.6 Å². The Kier molecular flexibility index (Phi) is 6.41. The van der Waals surface area contributed by atoms with Gasteiger partial charge in [0.25, 0.3) is 11.5 Å². The molecule has 2 N–H and O–H groups in total. The molecule has 0 saturated heterocycles. The third-order valence-electron chi connectivity index (χ3n) is 6.75. The summed E-state index contributed by atoms with van der Waals surface area (Å²) in [6, 6.07) is 21.3. The SMILES string of the molecule is O=C(NCc1cn(CC(O)Cn2c3c(c4ccccc4c2=O)C(=O)c2ccccc2-3)nn1)c1ccc(Br)cc1. The van der Waals surface area contributed by atoms with Gasteiger partial charge in [0.05, 0.1) is 43.2 Å². The fourth-order valence-corrected chi connectivity index (χ4v) is 5.24. The number of amides is 1. The highest BCUT2D eigenvalue weighted by atomic mass is 79.9. The van der Waals surface area contributed by atoms with Crippen molar-refractivity contribution in [3.63, 3.8) is 0 Å². The molecule has 1 amide bonds. The topological polar surface area (TPSA) is 119 Å². The van der Waals surface area contributed by atoms with Gasteiger partial charge in [0.1, 0.15) is 5.69 Å². The zero-order valence-corrected chi connectivity index (χ0v) is 22.1. The Hall–Kier alpha value is -4.41. The number of hydrogen-bond acceptors (Lipinski definition) is 6. The van der Waals surface area contributed by atoms with Crippen molar-refractivity contribution in [3.05, 3.63) is 116 Å². The van der Waals surface area contributed by atoms with Gasteiger partial charge in [-0.3, -0.25) is 14.4 Å². The molecule has 194 valence electrons. The molecule has 6 rings (SSSR count). The van der Waals surface area contributed by atoms with Gasteiger partial charge < -0.3 is 15.0 Å². The van der Waals surface area contributed by atoms with Crippen LogP contribution in [-0.4, -0.2) is 42.5 Å². The van der Waals surface area contributed by atoms with Crippen LogP contribution in [0.4, 0.5) is 0 Å². The van der Waals surface area contributed by atoms with Crippen molar-refractivity contribution in [1.29, 1.82) is 0 Å². The van der Waals surface area contributed by atoms with Gasteiger partial charge >= 0.3 is 0 Å². The largest absolute Gasteiger partial charge is 0.389 e. The number of ketones is 1. The van der Waals surface area contributed by atoms with E-state index in [-0.39, 0.29) is 36.9 Å². The number of aliphatic hydroxyl groups is 1. The number of pyridine rings is 1. The third kappa shape index (κ3) is 4.58. The molecule has 0 bridgehead atoms. The molecule has 0 radical (unpaired) electrons. The molecule has 2 aromatic heterocycles. The second-order valence-corrected chi connectivity index (χ2v) is 10.3. The van der Waals surface area contributed by atoms with Gasteiger partial charge in [0.2, 0.25) is 0 Å². The average Bonchev–Trinajstić information content (AvgIpc) is 3.52. The molecule has 1 aliphatic carbocycles. The number of nitrogens with zero attached hydrogens (tertiary/aromatic N) is 4. The molecule has 0 aliphatic heterocycles. The Morgan fingerprint density at radius 3 is 2.38 bits per heavy atom. The van der Waals surface area contributed by atoms with E-state index in [1.54, 1.807) is 66.9 Å². The summed E-state index contributed by atoms with van der Waals surface area (Å²) in [7, 11) is 0. The molecular formula is C29H22BrN5O4. The first-order valence-electron chi connectivity index (χ1n) is 12.3. The summed E-state index contributed by atoms with van der Waals surface area (Å²) in [6.07, 6.45) is 0.639. The normalized spacial score (nSPS) is 12.8. The molecule has 0 fully saturated rings. The molecule has 2 heterocycles. The van der Waals surface area contributed by atoms with Crippen molar-refractivity contribution in [2.45, 2.75) is 25.7 Å². The van der Waals surface area contributed by atoms with Gasteiger partial charge in [0, 0.05) is 31.9 Å². The van der Waals surface area contributed by atoms with E-state index in [2.05, 4.69) is 31.6 Å². The smallest absolute Gasteiger partial charge is 0.259 e. The zero-order chi connectivity index (χ0) is 27.1. The van der Waals surface area contributed by atoms with E-state index in [1.807, 2.05) is 12.1 Å². The molecule has 1 atom stereocenters. The van der Waals surface area contributed by atoms with Gasteiger partial charge in [-0.15, -0.1) is 5.10 Å². The van der Waals surface area contributed by atoms with E-state index in [4.69, 9.17) is 0 Å². The maximum atomic E-state index is 13.5. The van der Waals surface area contributed by atoms with Gasteiger partial charge in [-0.2, -0.15) is 0 Å². The van der Waals surface area contributed by atoms with Gasteiger partial charge in [-0.05, 0) is 30.3 Å². The monoisotopic (exact) mass is 583 g/mol. The number of aliphatic hydroxyl groups excluding tert-OH is 1. The molecule has 3 aromatic carbocycles. The summed E-state index contributed by atoms with van der Waals surface area (Å²) < 4.78 is 3.84. The second kappa shape index (κ2) is 10.0. The molecule has 0 saturated carbocycles. The number of carbonyl (C=O) groups excluding carboxylic acids is 2. The Morgan fingerprint density at radius 1 is 0.923 bits per heavy atom. The predicted molar refractivity (Wildman–Crippen MR) is 148 cm³/mol. The number of aromatic nitrogens is 4. The van der Waals surface area contributed by atoms with Crippen LogP contribution < -0.4 is 10.9 Å². The summed E-state index contributed by atoms with van der Waals surface area (Å²) in [5, 5.41) is 23.0. The van der Waals surface area contributed by atoms with Gasteiger partial charge in [-0.1, -0.05) is 63.6 Å². The van der Waals surface area contributed by atoms with Crippen molar-refractivity contribution in [2.75, 3.05) is 0 Å². The van der Waals surface area contributed by atoms with E-state index in [9.17, 15) is 19.5 Å². The summed E-state index contributed by atoms with van der Waals surface area (Å²) >= 11 is 3.35. The van der Waals surface area contributed by atoms with Crippen molar-refractivity contribution in [3.8, 4) is 11.3 Å². The fraction of sp³-hybridized carbons (Fsp3) is 0.138. The van der Waals surface area contributed by atoms with Crippen LogP contribution in [0, 0.1) is 0 Å². The zero-order valence-electron chi connectivity index (χ0n) is 20.5. The van der Waals surface area contributed by atoms with Gasteiger partial charge in [-0.25, -0.2) is 4.68 Å². The summed E-state index contributed by atoms with van der Waals surface area (Å²) in [5.41, 5.74) is 2.99. The summed E-state index contributed by atoms with van der Waals surface area (Å²) in [6.45, 7) is 0.196. The van der Waals surface area contributed by atoms with Crippen LogP contribution >= 0.6 is 15.9 Å². The second-order valence-electron chi connectivity index (χ2n) is 9.33. The highest BCUT2D eigenvalue weighted by molar-refractivity contribution is 9.10. The van der Waals surface area contributed by atoms with Crippen LogP contribution in [0.3, 0.4) is 0 Å². The minimum Gasteiger partial charge on any atom is -0.389 e. The van der Waals surface area contributed by atoms with E-state index in [0.717, 1.165) is 4.47 Å². The number of benzene rings is 3. The van der Waals surface area contributed by atoms with Crippen molar-refractivity contribution >= 4 is 38.4 Å². The van der Waals surface area contributed by atoms with E-state index < -0.39 is 6.10 Å². The third-order valence-corrected chi connectivity index (χ3v) is 7.27. The van der Waals surface area contributed by atoms with E-state index >= 15 is 0 Å². The molecule has 1 unspecified atom stereocenters. The maximum Gasteiger partial charge on any atom is 0.259 e. The van der Waals surface area contributed by atoms with Crippen molar-refractivity contribution < 1.29 is 14.7 Å². The van der Waals surface area contributed by atoms with Crippen LogP contribution in [0.5, 0.6) is 0 Å². The van der Waals surface area contributed by atoms with Crippen LogP contribution in [0.2, 0.25) is 0 Å². The molecule has 9 nitrogen and oxygen atoms in total. The number of carbonyl (C=O) groups is 2. The summed E-state index contributed by atoms with van der Waals surface area (Å²) in [4.78, 5) is 39.2. The highest BCUT2D eigenvalue weighted by Gasteiger charge is 2.32. The molecule has 1 aliphatic rings. The molecule has 0 spiro atoms. The minimum absolute atomic E-state index is 0.0386. The molecule has 10 heteroatoms. The first-order chi connectivity index (χ1) is 18.9. The molecular weight excluding hydrogens is 562 g/mol. The van der Waals surface area contributed by atoms with Crippen LogP contribution in [0.15, 0.2) is 88.3 Å². The minimum atomic E-state index is -0.997. The highest BCUT2D eigenvalue weighted by Crippen LogP contribution is 2.39. The van der Waals surface area contributed by atoms with Crippen molar-refractivity contribution in [1.82, 2.24) is 24.9 Å². The number of halogens is 1. The number of fused-ring (bicyclic) bond motifs is 5. The van der Waals surface area contributed by atoms with E-state index in [1.165, 1.54) is 9.25 Å².